The molecule has 1 saturated carbocycles. The van der Waals surface area contributed by atoms with Gasteiger partial charge in [0.1, 0.15) is 0 Å². The van der Waals surface area contributed by atoms with Gasteiger partial charge in [0.15, 0.2) is 5.82 Å². The van der Waals surface area contributed by atoms with Crippen LogP contribution in [0.2, 0.25) is 0 Å². The quantitative estimate of drug-likeness (QED) is 0.639. The fourth-order valence-corrected chi connectivity index (χ4v) is 4.43. The third-order valence-electron chi connectivity index (χ3n) is 6.25. The van der Waals surface area contributed by atoms with E-state index >= 15 is 0 Å². The van der Waals surface area contributed by atoms with Crippen molar-refractivity contribution in [3.63, 3.8) is 0 Å². The lowest BCUT2D eigenvalue weighted by atomic mass is 9.69. The average molecular weight is 387 g/mol. The molecular weight excluding hydrogens is 362 g/mol. The van der Waals surface area contributed by atoms with Crippen molar-refractivity contribution < 1.29 is 9.32 Å². The first-order chi connectivity index (χ1) is 14.2. The standard InChI is InChI=1S/C24H25N3O2/c28-22-13-15-24(19-7-3-1-4-8-19,20-9-5-2-6-10-20)17-27(22)16-14-21-25-23(29-26-21)18-11-12-18/h1-10,18H,11-17H2. The van der Waals surface area contributed by atoms with Crippen molar-refractivity contribution in [2.24, 2.45) is 0 Å². The van der Waals surface area contributed by atoms with Crippen molar-refractivity contribution in [3.8, 4) is 0 Å². The maximum Gasteiger partial charge on any atom is 0.229 e. The van der Waals surface area contributed by atoms with Crippen molar-refractivity contribution in [3.05, 3.63) is 83.5 Å². The summed E-state index contributed by atoms with van der Waals surface area (Å²) in [6.07, 6.45) is 4.28. The Morgan fingerprint density at radius 3 is 2.28 bits per heavy atom. The van der Waals surface area contributed by atoms with Gasteiger partial charge in [-0.05, 0) is 30.4 Å². The molecular formula is C24H25N3O2. The molecule has 2 aromatic carbocycles. The fraction of sp³-hybridized carbons (Fsp3) is 0.375. The van der Waals surface area contributed by atoms with Crippen LogP contribution in [-0.2, 0) is 16.6 Å². The first-order valence-electron chi connectivity index (χ1n) is 10.5. The number of hydrogen-bond donors (Lipinski definition) is 0. The van der Waals surface area contributed by atoms with Gasteiger partial charge in [-0.25, -0.2) is 0 Å². The SMILES string of the molecule is O=C1CCC(c2ccccc2)(c2ccccc2)CN1CCc1noc(C2CC2)n1. The highest BCUT2D eigenvalue weighted by Gasteiger charge is 2.41. The Labute approximate surface area is 170 Å². The number of carbonyl (C=O) groups is 1. The first kappa shape index (κ1) is 18.1. The highest BCUT2D eigenvalue weighted by molar-refractivity contribution is 5.78. The Kier molecular flexibility index (Phi) is 4.66. The van der Waals surface area contributed by atoms with Gasteiger partial charge in [-0.3, -0.25) is 4.79 Å². The van der Waals surface area contributed by atoms with Crippen molar-refractivity contribution in [2.75, 3.05) is 13.1 Å². The smallest absolute Gasteiger partial charge is 0.229 e. The molecule has 5 nitrogen and oxygen atoms in total. The lowest BCUT2D eigenvalue weighted by Crippen LogP contribution is -2.50. The topological polar surface area (TPSA) is 59.2 Å². The van der Waals surface area contributed by atoms with Crippen LogP contribution in [0.15, 0.2) is 65.2 Å². The lowest BCUT2D eigenvalue weighted by Gasteiger charge is -2.43. The Bertz CT molecular complexity index is 940. The maximum absolute atomic E-state index is 12.8. The molecule has 0 N–H and O–H groups in total. The Morgan fingerprint density at radius 2 is 1.66 bits per heavy atom. The van der Waals surface area contributed by atoms with Gasteiger partial charge < -0.3 is 9.42 Å². The third kappa shape index (κ3) is 3.57. The lowest BCUT2D eigenvalue weighted by molar-refractivity contribution is -0.134. The minimum atomic E-state index is -0.188. The van der Waals surface area contributed by atoms with E-state index in [0.717, 1.165) is 25.2 Å². The van der Waals surface area contributed by atoms with E-state index in [2.05, 4.69) is 58.7 Å². The normalized spacial score (nSPS) is 18.8. The number of amides is 1. The monoisotopic (exact) mass is 387 g/mol. The maximum atomic E-state index is 12.8. The van der Waals surface area contributed by atoms with Gasteiger partial charge in [0, 0.05) is 37.3 Å². The van der Waals surface area contributed by atoms with Crippen molar-refractivity contribution in [1.82, 2.24) is 15.0 Å². The van der Waals surface area contributed by atoms with E-state index in [4.69, 9.17) is 4.52 Å². The van der Waals surface area contributed by atoms with E-state index in [1.165, 1.54) is 11.1 Å². The number of rotatable bonds is 6. The highest BCUT2D eigenvalue weighted by atomic mass is 16.5. The van der Waals surface area contributed by atoms with E-state index in [9.17, 15) is 4.79 Å². The van der Waals surface area contributed by atoms with Crippen LogP contribution in [0.5, 0.6) is 0 Å². The molecule has 0 atom stereocenters. The summed E-state index contributed by atoms with van der Waals surface area (Å²) in [5.74, 6) is 2.12. The predicted molar refractivity (Wildman–Crippen MR) is 109 cm³/mol. The summed E-state index contributed by atoms with van der Waals surface area (Å²) < 4.78 is 5.37. The van der Waals surface area contributed by atoms with Crippen LogP contribution in [0.25, 0.3) is 0 Å². The van der Waals surface area contributed by atoms with Crippen LogP contribution in [-0.4, -0.2) is 34.0 Å². The summed E-state index contributed by atoms with van der Waals surface area (Å²) in [5, 5.41) is 4.12. The molecule has 2 aliphatic rings. The summed E-state index contributed by atoms with van der Waals surface area (Å²) in [7, 11) is 0. The van der Waals surface area contributed by atoms with Crippen molar-refractivity contribution in [1.29, 1.82) is 0 Å². The molecule has 1 saturated heterocycles. The summed E-state index contributed by atoms with van der Waals surface area (Å²) in [5.41, 5.74) is 2.34. The fourth-order valence-electron chi connectivity index (χ4n) is 4.43. The zero-order valence-electron chi connectivity index (χ0n) is 16.5. The second-order valence-corrected chi connectivity index (χ2v) is 8.20. The zero-order valence-corrected chi connectivity index (χ0v) is 16.5. The van der Waals surface area contributed by atoms with Crippen LogP contribution >= 0.6 is 0 Å². The molecule has 0 radical (unpaired) electrons. The number of piperidine rings is 1. The summed E-state index contributed by atoms with van der Waals surface area (Å²) in [6, 6.07) is 21.1. The number of likely N-dealkylation sites (tertiary alicyclic amines) is 1. The van der Waals surface area contributed by atoms with E-state index < -0.39 is 0 Å². The van der Waals surface area contributed by atoms with Gasteiger partial charge in [-0.1, -0.05) is 65.8 Å². The molecule has 1 amide bonds. The molecule has 5 heteroatoms. The van der Waals surface area contributed by atoms with Gasteiger partial charge in [0.25, 0.3) is 0 Å². The van der Waals surface area contributed by atoms with Crippen LogP contribution in [0.3, 0.4) is 0 Å². The number of carbonyl (C=O) groups excluding carboxylic acids is 1. The molecule has 148 valence electrons. The van der Waals surface area contributed by atoms with E-state index in [0.29, 0.717) is 37.7 Å². The Morgan fingerprint density at radius 1 is 1.00 bits per heavy atom. The summed E-state index contributed by atoms with van der Waals surface area (Å²) in [4.78, 5) is 19.3. The number of nitrogens with zero attached hydrogens (tertiary/aromatic N) is 3. The van der Waals surface area contributed by atoms with Crippen molar-refractivity contribution in [2.45, 2.75) is 43.4 Å². The van der Waals surface area contributed by atoms with E-state index in [1.54, 1.807) is 0 Å². The molecule has 29 heavy (non-hydrogen) atoms. The molecule has 2 fully saturated rings. The summed E-state index contributed by atoms with van der Waals surface area (Å²) in [6.45, 7) is 1.29. The highest BCUT2D eigenvalue weighted by Crippen LogP contribution is 2.41. The molecule has 1 aromatic heterocycles. The first-order valence-corrected chi connectivity index (χ1v) is 10.5. The minimum absolute atomic E-state index is 0.188. The second kappa shape index (κ2) is 7.47. The average Bonchev–Trinajstić information content (AvgIpc) is 3.52. The number of hydrogen-bond acceptors (Lipinski definition) is 4. The van der Waals surface area contributed by atoms with Crippen LogP contribution in [0, 0.1) is 0 Å². The zero-order chi connectivity index (χ0) is 19.7. The molecule has 0 bridgehead atoms. The largest absolute Gasteiger partial charge is 0.341 e. The summed E-state index contributed by atoms with van der Waals surface area (Å²) >= 11 is 0. The van der Waals surface area contributed by atoms with Gasteiger partial charge in [-0.15, -0.1) is 0 Å². The molecule has 2 heterocycles. The predicted octanol–water partition coefficient (Wildman–Crippen LogP) is 4.10. The van der Waals surface area contributed by atoms with E-state index in [1.807, 2.05) is 17.0 Å². The van der Waals surface area contributed by atoms with Gasteiger partial charge in [0.2, 0.25) is 11.8 Å². The second-order valence-electron chi connectivity index (χ2n) is 8.20. The van der Waals surface area contributed by atoms with E-state index in [-0.39, 0.29) is 11.3 Å². The molecule has 1 aliphatic carbocycles. The van der Waals surface area contributed by atoms with Gasteiger partial charge in [0.05, 0.1) is 0 Å². The molecule has 0 spiro atoms. The van der Waals surface area contributed by atoms with Crippen molar-refractivity contribution >= 4 is 5.91 Å². The molecule has 3 aromatic rings. The number of benzene rings is 2. The Hall–Kier alpha value is -2.95. The van der Waals surface area contributed by atoms with Gasteiger partial charge in [-0.2, -0.15) is 4.98 Å². The molecule has 1 aliphatic heterocycles. The Balaban J connectivity index is 1.40. The molecule has 0 unspecified atom stereocenters. The third-order valence-corrected chi connectivity index (χ3v) is 6.25. The van der Waals surface area contributed by atoms with Gasteiger partial charge >= 0.3 is 0 Å². The molecule has 5 rings (SSSR count). The number of aromatic nitrogens is 2. The van der Waals surface area contributed by atoms with Crippen LogP contribution in [0.4, 0.5) is 0 Å². The van der Waals surface area contributed by atoms with Crippen LogP contribution in [0.1, 0.15) is 54.4 Å². The van der Waals surface area contributed by atoms with Crippen LogP contribution < -0.4 is 0 Å². The minimum Gasteiger partial charge on any atom is -0.341 e.